The molecule has 3 aromatic rings. The lowest BCUT2D eigenvalue weighted by Gasteiger charge is -2.33. The maximum absolute atomic E-state index is 13.6. The van der Waals surface area contributed by atoms with E-state index in [-0.39, 0.29) is 29.5 Å². The second kappa shape index (κ2) is 8.64. The van der Waals surface area contributed by atoms with Crippen molar-refractivity contribution in [2.75, 3.05) is 20.2 Å². The summed E-state index contributed by atoms with van der Waals surface area (Å²) in [7, 11) is 1.25. The number of likely N-dealkylation sites (tertiary alicyclic amines) is 1. The number of methoxy groups -OCH3 is 1. The second-order valence-corrected chi connectivity index (χ2v) is 7.81. The Labute approximate surface area is 182 Å². The smallest absolute Gasteiger partial charge is 0.449 e. The third-order valence-corrected chi connectivity index (χ3v) is 5.81. The van der Waals surface area contributed by atoms with Crippen molar-refractivity contribution in [1.82, 2.24) is 14.5 Å². The lowest BCUT2D eigenvalue weighted by atomic mass is 9.95. The summed E-state index contributed by atoms with van der Waals surface area (Å²) in [6.07, 6.45) is -3.45. The quantitative estimate of drug-likeness (QED) is 0.559. The molecular weight excluding hydrogens is 423 g/mol. The minimum atomic E-state index is -4.55. The number of amides is 1. The van der Waals surface area contributed by atoms with Crippen molar-refractivity contribution >= 4 is 22.9 Å². The van der Waals surface area contributed by atoms with Crippen LogP contribution in [-0.4, -0.2) is 46.5 Å². The van der Waals surface area contributed by atoms with Crippen molar-refractivity contribution in [3.8, 4) is 0 Å². The summed E-state index contributed by atoms with van der Waals surface area (Å²) >= 11 is 0. The number of rotatable bonds is 4. The number of alkyl halides is 3. The number of ether oxygens (including phenoxy) is 1. The minimum absolute atomic E-state index is 0.0337. The highest BCUT2D eigenvalue weighted by Crippen LogP contribution is 2.33. The number of benzene rings is 2. The number of imidazole rings is 1. The van der Waals surface area contributed by atoms with E-state index in [0.29, 0.717) is 37.0 Å². The second-order valence-electron chi connectivity index (χ2n) is 7.81. The van der Waals surface area contributed by atoms with E-state index in [2.05, 4.69) is 4.98 Å². The lowest BCUT2D eigenvalue weighted by molar-refractivity contribution is -0.147. The Bertz CT molecular complexity index is 1150. The van der Waals surface area contributed by atoms with Gasteiger partial charge in [-0.3, -0.25) is 4.79 Å². The first-order valence-electron chi connectivity index (χ1n) is 10.3. The van der Waals surface area contributed by atoms with Gasteiger partial charge in [-0.15, -0.1) is 0 Å². The molecule has 2 heterocycles. The third kappa shape index (κ3) is 4.19. The molecule has 0 spiro atoms. The zero-order chi connectivity index (χ0) is 22.9. The Morgan fingerprint density at radius 2 is 1.66 bits per heavy atom. The molecule has 0 atom stereocenters. The van der Waals surface area contributed by atoms with Crippen molar-refractivity contribution in [1.29, 1.82) is 0 Å². The standard InChI is InChI=1S/C23H22F3N3O3/c1-32-21(31)17-7-3-2-6-16(17)20(30)28-12-10-15(11-13-28)14-29-19-9-5-4-8-18(19)27-22(29)23(24,25)26/h2-9,15H,10-14H2,1H3. The van der Waals surface area contributed by atoms with Gasteiger partial charge in [0.15, 0.2) is 0 Å². The molecule has 0 unspecified atom stereocenters. The van der Waals surface area contributed by atoms with Gasteiger partial charge in [-0.2, -0.15) is 13.2 Å². The predicted octanol–water partition coefficient (Wildman–Crippen LogP) is 4.39. The zero-order valence-electron chi connectivity index (χ0n) is 17.4. The summed E-state index contributed by atoms with van der Waals surface area (Å²) < 4.78 is 46.7. The largest absolute Gasteiger partial charge is 0.465 e. The summed E-state index contributed by atoms with van der Waals surface area (Å²) in [6, 6.07) is 13.0. The number of fused-ring (bicyclic) bond motifs is 1. The van der Waals surface area contributed by atoms with Gasteiger partial charge in [-0.1, -0.05) is 24.3 Å². The molecular formula is C23H22F3N3O3. The third-order valence-electron chi connectivity index (χ3n) is 5.81. The van der Waals surface area contributed by atoms with Crippen molar-refractivity contribution < 1.29 is 27.5 Å². The summed E-state index contributed by atoms with van der Waals surface area (Å²) in [6.45, 7) is 0.968. The molecule has 1 saturated heterocycles. The topological polar surface area (TPSA) is 64.4 Å². The van der Waals surface area contributed by atoms with Crippen molar-refractivity contribution in [3.63, 3.8) is 0 Å². The highest BCUT2D eigenvalue weighted by molar-refractivity contribution is 6.05. The Morgan fingerprint density at radius 3 is 2.31 bits per heavy atom. The molecule has 0 radical (unpaired) electrons. The van der Waals surface area contributed by atoms with Crippen LogP contribution in [0, 0.1) is 5.92 Å². The van der Waals surface area contributed by atoms with Crippen LogP contribution in [0.3, 0.4) is 0 Å². The molecule has 1 fully saturated rings. The first-order chi connectivity index (χ1) is 15.3. The highest BCUT2D eigenvalue weighted by atomic mass is 19.4. The number of carbonyl (C=O) groups excluding carboxylic acids is 2. The molecule has 2 aromatic carbocycles. The first-order valence-corrected chi connectivity index (χ1v) is 10.3. The predicted molar refractivity (Wildman–Crippen MR) is 111 cm³/mol. The van der Waals surface area contributed by atoms with Gasteiger partial charge in [0, 0.05) is 19.6 Å². The minimum Gasteiger partial charge on any atom is -0.465 e. The average Bonchev–Trinajstić information content (AvgIpc) is 3.17. The Morgan fingerprint density at radius 1 is 1.03 bits per heavy atom. The molecule has 0 saturated carbocycles. The van der Waals surface area contributed by atoms with Crippen LogP contribution in [0.1, 0.15) is 39.4 Å². The van der Waals surface area contributed by atoms with Crippen LogP contribution in [-0.2, 0) is 17.5 Å². The fourth-order valence-electron chi connectivity index (χ4n) is 4.18. The average molecular weight is 445 g/mol. The number of aromatic nitrogens is 2. The summed E-state index contributed by atoms with van der Waals surface area (Å²) in [5, 5.41) is 0. The first kappa shape index (κ1) is 21.9. The molecule has 0 aliphatic carbocycles. The number of hydrogen-bond acceptors (Lipinski definition) is 4. The maximum Gasteiger partial charge on any atom is 0.449 e. The van der Waals surface area contributed by atoms with Crippen molar-refractivity contribution in [3.05, 3.63) is 65.5 Å². The van der Waals surface area contributed by atoms with E-state index < -0.39 is 18.0 Å². The van der Waals surface area contributed by atoms with Crippen LogP contribution < -0.4 is 0 Å². The van der Waals surface area contributed by atoms with Crippen LogP contribution in [0.15, 0.2) is 48.5 Å². The molecule has 1 amide bonds. The fraction of sp³-hybridized carbons (Fsp3) is 0.348. The summed E-state index contributed by atoms with van der Waals surface area (Å²) in [5.74, 6) is -1.80. The van der Waals surface area contributed by atoms with Gasteiger partial charge >= 0.3 is 12.1 Å². The van der Waals surface area contributed by atoms with Crippen LogP contribution >= 0.6 is 0 Å². The van der Waals surface area contributed by atoms with Gasteiger partial charge in [0.2, 0.25) is 5.82 Å². The molecule has 1 aliphatic heterocycles. The number of para-hydroxylation sites is 2. The molecule has 0 bridgehead atoms. The van der Waals surface area contributed by atoms with Gasteiger partial charge in [0.1, 0.15) is 0 Å². The number of carbonyl (C=O) groups is 2. The van der Waals surface area contributed by atoms with Crippen LogP contribution in [0.5, 0.6) is 0 Å². The van der Waals surface area contributed by atoms with Crippen molar-refractivity contribution in [2.45, 2.75) is 25.6 Å². The number of nitrogens with zero attached hydrogens (tertiary/aromatic N) is 3. The van der Waals surface area contributed by atoms with Gasteiger partial charge in [-0.05, 0) is 43.0 Å². The summed E-state index contributed by atoms with van der Waals surface area (Å²) in [4.78, 5) is 30.4. The van der Waals surface area contributed by atoms with Gasteiger partial charge in [0.05, 0.1) is 29.3 Å². The molecule has 1 aromatic heterocycles. The van der Waals surface area contributed by atoms with E-state index in [9.17, 15) is 22.8 Å². The molecule has 32 heavy (non-hydrogen) atoms. The lowest BCUT2D eigenvalue weighted by Crippen LogP contribution is -2.40. The SMILES string of the molecule is COC(=O)c1ccccc1C(=O)N1CCC(Cn2c(C(F)(F)F)nc3ccccc32)CC1. The number of esters is 1. The van der Waals surface area contributed by atoms with Crippen LogP contribution in [0.4, 0.5) is 13.2 Å². The van der Waals surface area contributed by atoms with E-state index in [1.54, 1.807) is 47.4 Å². The fourth-order valence-corrected chi connectivity index (χ4v) is 4.18. The Balaban J connectivity index is 1.49. The Hall–Kier alpha value is -3.36. The number of halogens is 3. The Kier molecular flexibility index (Phi) is 5.90. The molecule has 1 aliphatic rings. The van der Waals surface area contributed by atoms with Crippen molar-refractivity contribution in [2.24, 2.45) is 5.92 Å². The van der Waals surface area contributed by atoms with E-state index in [1.165, 1.54) is 17.7 Å². The van der Waals surface area contributed by atoms with E-state index >= 15 is 0 Å². The van der Waals surface area contributed by atoms with E-state index in [4.69, 9.17) is 4.74 Å². The van der Waals surface area contributed by atoms with Gasteiger partial charge < -0.3 is 14.2 Å². The number of piperidine rings is 1. The van der Waals surface area contributed by atoms with Crippen LogP contribution in [0.25, 0.3) is 11.0 Å². The monoisotopic (exact) mass is 445 g/mol. The van der Waals surface area contributed by atoms with Crippen LogP contribution in [0.2, 0.25) is 0 Å². The highest BCUT2D eigenvalue weighted by Gasteiger charge is 2.38. The van der Waals surface area contributed by atoms with E-state index in [0.717, 1.165) is 0 Å². The molecule has 6 nitrogen and oxygen atoms in total. The van der Waals surface area contributed by atoms with E-state index in [1.807, 2.05) is 0 Å². The normalized spacial score (nSPS) is 15.2. The zero-order valence-corrected chi connectivity index (χ0v) is 17.4. The van der Waals surface area contributed by atoms with Gasteiger partial charge in [-0.25, -0.2) is 9.78 Å². The van der Waals surface area contributed by atoms with Gasteiger partial charge in [0.25, 0.3) is 5.91 Å². The molecule has 0 N–H and O–H groups in total. The maximum atomic E-state index is 13.6. The molecule has 4 rings (SSSR count). The number of hydrogen-bond donors (Lipinski definition) is 0. The summed E-state index contributed by atoms with van der Waals surface area (Å²) in [5.41, 5.74) is 1.22. The molecule has 168 valence electrons. The molecule has 9 heteroatoms.